The summed E-state index contributed by atoms with van der Waals surface area (Å²) in [6.07, 6.45) is -0.409. The van der Waals surface area contributed by atoms with Crippen molar-refractivity contribution in [2.75, 3.05) is 23.3 Å². The van der Waals surface area contributed by atoms with E-state index in [1.54, 1.807) is 23.6 Å². The van der Waals surface area contributed by atoms with Gasteiger partial charge in [-0.1, -0.05) is 11.8 Å². The van der Waals surface area contributed by atoms with Crippen molar-refractivity contribution in [3.8, 4) is 22.4 Å². The van der Waals surface area contributed by atoms with Gasteiger partial charge in [0, 0.05) is 54.8 Å². The largest absolute Gasteiger partial charge is 0.416 e. The third kappa shape index (κ3) is 7.11. The van der Waals surface area contributed by atoms with Crippen LogP contribution in [0.15, 0.2) is 64.7 Å². The number of halogens is 3. The highest BCUT2D eigenvalue weighted by Gasteiger charge is 2.45. The van der Waals surface area contributed by atoms with Crippen LogP contribution in [0.5, 0.6) is 0 Å². The second kappa shape index (κ2) is 13.5. The number of amides is 5. The Labute approximate surface area is 293 Å². The molecule has 2 aromatic carbocycles. The number of nitrogens with one attached hydrogen (secondary N) is 2. The van der Waals surface area contributed by atoms with Crippen LogP contribution in [0.2, 0.25) is 0 Å². The molecule has 2 fully saturated rings. The molecule has 1 aromatic heterocycles. The molecular weight excluding hydrogens is 687 g/mol. The maximum atomic E-state index is 13.4. The maximum Gasteiger partial charge on any atom is 0.416 e. The van der Waals surface area contributed by atoms with Crippen LogP contribution < -0.4 is 21.3 Å². The fraction of sp³-hybridized carbons (Fsp3) is 0.286. The number of hydrogen-bond acceptors (Lipinski definition) is 10. The van der Waals surface area contributed by atoms with Crippen molar-refractivity contribution >= 4 is 58.5 Å². The number of fused-ring (bicyclic) bond motifs is 1. The normalized spacial score (nSPS) is 18.4. The molecule has 262 valence electrons. The Morgan fingerprint density at radius 2 is 1.82 bits per heavy atom. The van der Waals surface area contributed by atoms with E-state index >= 15 is 0 Å². The van der Waals surface area contributed by atoms with Gasteiger partial charge in [0.25, 0.3) is 17.7 Å². The van der Waals surface area contributed by atoms with Crippen molar-refractivity contribution in [2.24, 2.45) is 16.6 Å². The molecular formula is C35H30F3N7O5S. The van der Waals surface area contributed by atoms with E-state index in [4.69, 9.17) is 5.73 Å². The second-order valence-corrected chi connectivity index (χ2v) is 13.4. The number of aromatic nitrogens is 1. The number of benzene rings is 2. The lowest BCUT2D eigenvalue weighted by Crippen LogP contribution is -2.54. The van der Waals surface area contributed by atoms with Gasteiger partial charge in [0.15, 0.2) is 0 Å². The minimum Gasteiger partial charge on any atom is -0.404 e. The summed E-state index contributed by atoms with van der Waals surface area (Å²) >= 11 is 1.14. The van der Waals surface area contributed by atoms with Gasteiger partial charge in [0.05, 0.1) is 33.9 Å². The fourth-order valence-electron chi connectivity index (χ4n) is 5.67. The Balaban J connectivity index is 1.07. The molecule has 1 unspecified atom stereocenters. The molecule has 3 aromatic rings. The topological polar surface area (TPSA) is 167 Å². The van der Waals surface area contributed by atoms with Gasteiger partial charge in [-0.15, -0.1) is 11.3 Å². The van der Waals surface area contributed by atoms with Gasteiger partial charge in [0.2, 0.25) is 11.8 Å². The first-order valence-corrected chi connectivity index (χ1v) is 16.6. The Kier molecular flexibility index (Phi) is 9.25. The van der Waals surface area contributed by atoms with Gasteiger partial charge < -0.3 is 16.0 Å². The first kappa shape index (κ1) is 35.0. The lowest BCUT2D eigenvalue weighted by Gasteiger charge is -2.38. The average molecular weight is 718 g/mol. The third-order valence-corrected chi connectivity index (χ3v) is 9.42. The molecule has 4 heterocycles. The number of rotatable bonds is 7. The summed E-state index contributed by atoms with van der Waals surface area (Å²) in [5.41, 5.74) is 5.25. The summed E-state index contributed by atoms with van der Waals surface area (Å²) in [4.78, 5) is 74.6. The zero-order valence-electron chi connectivity index (χ0n) is 27.2. The van der Waals surface area contributed by atoms with Gasteiger partial charge in [-0.2, -0.15) is 13.2 Å². The number of piperidine rings is 1. The van der Waals surface area contributed by atoms with Crippen LogP contribution >= 0.6 is 11.3 Å². The van der Waals surface area contributed by atoms with Gasteiger partial charge in [-0.25, -0.2) is 4.98 Å². The second-order valence-electron chi connectivity index (χ2n) is 12.5. The number of nitrogens with two attached hydrogens (primary N) is 1. The summed E-state index contributed by atoms with van der Waals surface area (Å²) in [6.45, 7) is 4.11. The molecule has 0 saturated carbocycles. The molecule has 5 amide bonds. The summed E-state index contributed by atoms with van der Waals surface area (Å²) in [5, 5.41) is 6.79. The van der Waals surface area contributed by atoms with Crippen molar-refractivity contribution < 1.29 is 37.1 Å². The minimum absolute atomic E-state index is 0.0341. The highest BCUT2D eigenvalue weighted by molar-refractivity contribution is 7.13. The zero-order chi connectivity index (χ0) is 36.7. The van der Waals surface area contributed by atoms with E-state index in [9.17, 15) is 37.1 Å². The Bertz CT molecular complexity index is 2080. The molecule has 2 saturated heterocycles. The van der Waals surface area contributed by atoms with Crippen LogP contribution in [0.25, 0.3) is 10.6 Å². The molecule has 3 aliphatic rings. The van der Waals surface area contributed by atoms with Crippen LogP contribution in [0, 0.1) is 17.8 Å². The van der Waals surface area contributed by atoms with Crippen molar-refractivity contribution in [3.63, 3.8) is 0 Å². The highest BCUT2D eigenvalue weighted by atomic mass is 32.1. The average Bonchev–Trinajstić information content (AvgIpc) is 3.68. The van der Waals surface area contributed by atoms with Crippen molar-refractivity contribution in [3.05, 3.63) is 76.4 Å². The molecule has 3 aliphatic heterocycles. The van der Waals surface area contributed by atoms with Crippen LogP contribution in [-0.4, -0.2) is 70.3 Å². The Morgan fingerprint density at radius 3 is 2.49 bits per heavy atom. The predicted octanol–water partition coefficient (Wildman–Crippen LogP) is 4.00. The number of hydrogen-bond donors (Lipinski definition) is 3. The van der Waals surface area contributed by atoms with Crippen LogP contribution in [0.3, 0.4) is 0 Å². The van der Waals surface area contributed by atoms with E-state index < -0.39 is 52.9 Å². The minimum atomic E-state index is -4.57. The van der Waals surface area contributed by atoms with E-state index in [-0.39, 0.29) is 41.1 Å². The van der Waals surface area contributed by atoms with Gasteiger partial charge in [-0.05, 0) is 56.7 Å². The number of imide groups is 2. The molecule has 4 N–H and O–H groups in total. The number of allylic oxidation sites excluding steroid dienone is 1. The standard InChI is InChI=1S/C35H30F3N7O5S/c1-34(2,33(50)42-26-8-5-21(35(36,37)38)13-25(26)30-40-11-12-51-30)41-16-19(15-39)3-4-20-17-44(18-20)22-6-7-23-24(14-22)32(49)45(31(23)48)27-9-10-28(46)43-29(27)47/h5-8,11-16,20,27H,9-10,17-18,39H2,1-2H3,(H,42,50)(H,43,46,47). The van der Waals surface area contributed by atoms with E-state index in [0.29, 0.717) is 29.4 Å². The number of anilines is 2. The maximum absolute atomic E-state index is 13.4. The van der Waals surface area contributed by atoms with Crippen molar-refractivity contribution in [1.29, 1.82) is 0 Å². The monoisotopic (exact) mass is 717 g/mol. The predicted molar refractivity (Wildman–Crippen MR) is 183 cm³/mol. The lowest BCUT2D eigenvalue weighted by atomic mass is 9.98. The first-order chi connectivity index (χ1) is 24.2. The molecule has 1 atom stereocenters. The molecule has 12 nitrogen and oxygen atoms in total. The zero-order valence-corrected chi connectivity index (χ0v) is 28.0. The van der Waals surface area contributed by atoms with E-state index in [1.165, 1.54) is 38.5 Å². The molecule has 0 radical (unpaired) electrons. The quantitative estimate of drug-likeness (QED) is 0.187. The molecule has 6 rings (SSSR count). The van der Waals surface area contributed by atoms with Gasteiger partial charge in [0.1, 0.15) is 16.6 Å². The molecule has 0 bridgehead atoms. The summed E-state index contributed by atoms with van der Waals surface area (Å²) in [5.74, 6) is 3.13. The van der Waals surface area contributed by atoms with Gasteiger partial charge in [-0.3, -0.25) is 39.2 Å². The van der Waals surface area contributed by atoms with Crippen molar-refractivity contribution in [1.82, 2.24) is 15.2 Å². The third-order valence-electron chi connectivity index (χ3n) is 8.61. The molecule has 16 heteroatoms. The molecule has 0 spiro atoms. The Morgan fingerprint density at radius 1 is 1.08 bits per heavy atom. The SMILES string of the molecule is CC(C)(N=CC(C#CC1CN(c2ccc3c(c2)C(=O)N(C2CCC(=O)NC2=O)C3=O)C1)=CN)C(=O)Nc1ccc(C(F)(F)F)cc1-c1nccs1. The number of aliphatic imine (C=N–C) groups is 1. The van der Waals surface area contributed by atoms with Crippen LogP contribution in [0.1, 0.15) is 53.0 Å². The number of thiazole rings is 1. The lowest BCUT2D eigenvalue weighted by molar-refractivity contribution is -0.138. The van der Waals surface area contributed by atoms with E-state index in [2.05, 4.69) is 32.5 Å². The van der Waals surface area contributed by atoms with E-state index in [1.807, 2.05) is 4.90 Å². The Hall–Kier alpha value is -5.82. The number of nitrogens with zero attached hydrogens (tertiary/aromatic N) is 4. The molecule has 0 aliphatic carbocycles. The fourth-order valence-corrected chi connectivity index (χ4v) is 6.33. The summed E-state index contributed by atoms with van der Waals surface area (Å²) in [7, 11) is 0. The van der Waals surface area contributed by atoms with Crippen LogP contribution in [-0.2, 0) is 20.6 Å². The first-order valence-electron chi connectivity index (χ1n) is 15.7. The van der Waals surface area contributed by atoms with Crippen LogP contribution in [0.4, 0.5) is 24.5 Å². The summed E-state index contributed by atoms with van der Waals surface area (Å²) in [6, 6.07) is 6.86. The number of alkyl halides is 3. The van der Waals surface area contributed by atoms with Gasteiger partial charge >= 0.3 is 6.18 Å². The number of carbonyl (C=O) groups excluding carboxylic acids is 5. The smallest absolute Gasteiger partial charge is 0.404 e. The van der Waals surface area contributed by atoms with Crippen molar-refractivity contribution in [2.45, 2.75) is 44.4 Å². The number of carbonyl (C=O) groups is 5. The summed E-state index contributed by atoms with van der Waals surface area (Å²) < 4.78 is 40.2. The highest BCUT2D eigenvalue weighted by Crippen LogP contribution is 2.37. The molecule has 51 heavy (non-hydrogen) atoms. The van der Waals surface area contributed by atoms with E-state index in [0.717, 1.165) is 28.4 Å².